The van der Waals surface area contributed by atoms with E-state index in [0.717, 1.165) is 51.8 Å². The van der Waals surface area contributed by atoms with Crippen LogP contribution in [0, 0.1) is 12.8 Å². The third kappa shape index (κ3) is 3.63. The van der Waals surface area contributed by atoms with E-state index in [1.165, 1.54) is 13.8 Å². The van der Waals surface area contributed by atoms with E-state index in [1.54, 1.807) is 4.90 Å². The fourth-order valence-electron chi connectivity index (χ4n) is 5.41. The summed E-state index contributed by atoms with van der Waals surface area (Å²) < 4.78 is 1.87. The Morgan fingerprint density at radius 1 is 1.14 bits per heavy atom. The molecular weight excluding hydrogens is 454 g/mol. The lowest BCUT2D eigenvalue weighted by Gasteiger charge is -2.43. The highest BCUT2D eigenvalue weighted by atomic mass is 16.3. The second-order valence-corrected chi connectivity index (χ2v) is 11.1. The van der Waals surface area contributed by atoms with Gasteiger partial charge >= 0.3 is 0 Å². The molecule has 1 N–H and O–H groups in total. The van der Waals surface area contributed by atoms with Gasteiger partial charge in [-0.1, -0.05) is 24.3 Å². The molecule has 0 atom stereocenters. The van der Waals surface area contributed by atoms with Gasteiger partial charge in [-0.15, -0.1) is 0 Å². The standard InChI is InChI=1S/C28H31N5O3/c1-17-11-19(20-6-8-23-21(12-20)13-29-31(23)4)5-7-22(17)24-30-28(9-10-28)26(35)33(24)16-18-14-32(15-18)25(34)27(2,3)36/h5-8,11-13,18,36H,9-10,14-16H2,1-4H3. The van der Waals surface area contributed by atoms with Gasteiger partial charge in [-0.2, -0.15) is 5.10 Å². The van der Waals surface area contributed by atoms with Crippen LogP contribution in [0.5, 0.6) is 0 Å². The van der Waals surface area contributed by atoms with Gasteiger partial charge < -0.3 is 10.0 Å². The number of aliphatic imine (C=N–C) groups is 1. The quantitative estimate of drug-likeness (QED) is 0.602. The van der Waals surface area contributed by atoms with Crippen LogP contribution in [0.25, 0.3) is 22.0 Å². The Kier molecular flexibility index (Phi) is 4.92. The fourth-order valence-corrected chi connectivity index (χ4v) is 5.41. The van der Waals surface area contributed by atoms with Crippen molar-refractivity contribution in [3.8, 4) is 11.1 Å². The molecule has 3 heterocycles. The Hall–Kier alpha value is -3.52. The zero-order chi connectivity index (χ0) is 25.4. The third-order valence-electron chi connectivity index (χ3n) is 7.70. The predicted molar refractivity (Wildman–Crippen MR) is 137 cm³/mol. The van der Waals surface area contributed by atoms with E-state index in [9.17, 15) is 14.7 Å². The molecule has 1 aliphatic carbocycles. The Balaban J connectivity index is 1.24. The zero-order valence-electron chi connectivity index (χ0n) is 21.2. The largest absolute Gasteiger partial charge is 0.381 e. The maximum Gasteiger partial charge on any atom is 0.256 e. The number of hydrogen-bond acceptors (Lipinski definition) is 5. The topological polar surface area (TPSA) is 91.0 Å². The molecule has 1 saturated carbocycles. The SMILES string of the molecule is Cc1cc(-c2ccc3c(cnn3C)c2)ccc1C1=NC2(CC2)C(=O)N1CC1CN(C(=O)C(C)(C)O)C1. The first kappa shape index (κ1) is 22.9. The molecule has 2 aliphatic heterocycles. The van der Waals surface area contributed by atoms with E-state index in [4.69, 9.17) is 4.99 Å². The van der Waals surface area contributed by atoms with Gasteiger partial charge in [0.2, 0.25) is 0 Å². The summed E-state index contributed by atoms with van der Waals surface area (Å²) in [7, 11) is 1.94. The summed E-state index contributed by atoms with van der Waals surface area (Å²) in [4.78, 5) is 34.1. The van der Waals surface area contributed by atoms with E-state index < -0.39 is 11.1 Å². The van der Waals surface area contributed by atoms with E-state index in [-0.39, 0.29) is 17.7 Å². The molecular formula is C28H31N5O3. The highest BCUT2D eigenvalue weighted by Crippen LogP contribution is 2.46. The minimum atomic E-state index is -1.38. The lowest BCUT2D eigenvalue weighted by atomic mass is 9.95. The summed E-state index contributed by atoms with van der Waals surface area (Å²) in [5, 5.41) is 15.5. The van der Waals surface area contributed by atoms with Gasteiger partial charge in [-0.25, -0.2) is 0 Å². The van der Waals surface area contributed by atoms with Crippen molar-refractivity contribution < 1.29 is 14.7 Å². The molecule has 0 unspecified atom stereocenters. The van der Waals surface area contributed by atoms with Crippen molar-refractivity contribution >= 4 is 28.6 Å². The van der Waals surface area contributed by atoms with Crippen molar-refractivity contribution in [1.82, 2.24) is 19.6 Å². The average Bonchev–Trinajstić information content (AvgIpc) is 3.43. The van der Waals surface area contributed by atoms with Crippen LogP contribution in [0.2, 0.25) is 0 Å². The Morgan fingerprint density at radius 3 is 2.50 bits per heavy atom. The summed E-state index contributed by atoms with van der Waals surface area (Å²) in [6, 6.07) is 12.7. The van der Waals surface area contributed by atoms with Crippen molar-refractivity contribution in [3.63, 3.8) is 0 Å². The molecule has 2 amide bonds. The number of fused-ring (bicyclic) bond motifs is 1. The summed E-state index contributed by atoms with van der Waals surface area (Å²) in [6.07, 6.45) is 3.46. The van der Waals surface area contributed by atoms with Crippen LogP contribution in [0.3, 0.4) is 0 Å². The van der Waals surface area contributed by atoms with Gasteiger partial charge in [-0.05, 0) is 62.4 Å². The van der Waals surface area contributed by atoms with Gasteiger partial charge in [0.05, 0.1) is 11.7 Å². The van der Waals surface area contributed by atoms with Gasteiger partial charge in [0.15, 0.2) is 0 Å². The fraction of sp³-hybridized carbons (Fsp3) is 0.429. The molecule has 2 fully saturated rings. The first-order chi connectivity index (χ1) is 17.1. The van der Waals surface area contributed by atoms with Crippen LogP contribution in [0.4, 0.5) is 0 Å². The van der Waals surface area contributed by atoms with Crippen molar-refractivity contribution in [2.75, 3.05) is 19.6 Å². The maximum absolute atomic E-state index is 13.3. The van der Waals surface area contributed by atoms with E-state index in [0.29, 0.717) is 19.6 Å². The van der Waals surface area contributed by atoms with Crippen molar-refractivity contribution in [2.24, 2.45) is 18.0 Å². The van der Waals surface area contributed by atoms with Crippen LogP contribution >= 0.6 is 0 Å². The molecule has 3 aliphatic rings. The second-order valence-electron chi connectivity index (χ2n) is 11.1. The van der Waals surface area contributed by atoms with E-state index >= 15 is 0 Å². The lowest BCUT2D eigenvalue weighted by Crippen LogP contribution is -2.59. The highest BCUT2D eigenvalue weighted by Gasteiger charge is 2.58. The van der Waals surface area contributed by atoms with Crippen LogP contribution in [-0.2, 0) is 16.6 Å². The Morgan fingerprint density at radius 2 is 1.83 bits per heavy atom. The second kappa shape index (κ2) is 7.74. The zero-order valence-corrected chi connectivity index (χ0v) is 21.2. The number of carbonyl (C=O) groups excluding carboxylic acids is 2. The molecule has 0 bridgehead atoms. The summed E-state index contributed by atoms with van der Waals surface area (Å²) in [5.41, 5.74) is 3.41. The lowest BCUT2D eigenvalue weighted by molar-refractivity contribution is -0.155. The molecule has 186 valence electrons. The van der Waals surface area contributed by atoms with E-state index in [2.05, 4.69) is 48.4 Å². The molecule has 1 spiro atoms. The van der Waals surface area contributed by atoms with Crippen molar-refractivity contribution in [1.29, 1.82) is 0 Å². The molecule has 3 aromatic rings. The number of likely N-dealkylation sites (tertiary alicyclic amines) is 1. The number of hydrogen-bond donors (Lipinski definition) is 1. The van der Waals surface area contributed by atoms with Gasteiger partial charge in [0.1, 0.15) is 17.0 Å². The summed E-state index contributed by atoms with van der Waals surface area (Å²) >= 11 is 0. The average molecular weight is 486 g/mol. The normalized spacial score (nSPS) is 19.2. The van der Waals surface area contributed by atoms with Gasteiger partial charge in [0.25, 0.3) is 11.8 Å². The van der Waals surface area contributed by atoms with Gasteiger partial charge in [-0.3, -0.25) is 24.2 Å². The number of rotatable bonds is 5. The molecule has 1 saturated heterocycles. The smallest absolute Gasteiger partial charge is 0.256 e. The number of aryl methyl sites for hydroxylation is 2. The first-order valence-corrected chi connectivity index (χ1v) is 12.5. The highest BCUT2D eigenvalue weighted by molar-refractivity contribution is 6.17. The monoisotopic (exact) mass is 485 g/mol. The first-order valence-electron chi connectivity index (χ1n) is 12.5. The van der Waals surface area contributed by atoms with Crippen LogP contribution in [0.1, 0.15) is 37.8 Å². The van der Waals surface area contributed by atoms with Gasteiger partial charge in [0, 0.05) is 43.5 Å². The Labute approximate surface area is 210 Å². The van der Waals surface area contributed by atoms with Crippen LogP contribution in [0.15, 0.2) is 47.6 Å². The summed E-state index contributed by atoms with van der Waals surface area (Å²) in [5.74, 6) is 0.729. The third-order valence-corrected chi connectivity index (χ3v) is 7.70. The molecule has 1 aromatic heterocycles. The Bertz CT molecular complexity index is 1440. The molecule has 6 rings (SSSR count). The van der Waals surface area contributed by atoms with Crippen LogP contribution in [-0.4, -0.2) is 73.1 Å². The molecule has 2 aromatic carbocycles. The summed E-state index contributed by atoms with van der Waals surface area (Å²) in [6.45, 7) is 6.71. The van der Waals surface area contributed by atoms with Crippen LogP contribution < -0.4 is 0 Å². The van der Waals surface area contributed by atoms with Crippen molar-refractivity contribution in [2.45, 2.75) is 44.8 Å². The number of nitrogens with zero attached hydrogens (tertiary/aromatic N) is 5. The van der Waals surface area contributed by atoms with E-state index in [1.807, 2.05) is 22.8 Å². The van der Waals surface area contributed by atoms with Crippen molar-refractivity contribution in [3.05, 3.63) is 53.7 Å². The number of carbonyl (C=O) groups is 2. The number of amides is 2. The minimum Gasteiger partial charge on any atom is -0.381 e. The molecule has 36 heavy (non-hydrogen) atoms. The predicted octanol–water partition coefficient (Wildman–Crippen LogP) is 2.90. The number of amidine groups is 1. The molecule has 8 nitrogen and oxygen atoms in total. The molecule has 8 heteroatoms. The maximum atomic E-state index is 13.3. The molecule has 0 radical (unpaired) electrons. The number of benzene rings is 2. The number of aromatic nitrogens is 2. The number of aliphatic hydroxyl groups is 1. The minimum absolute atomic E-state index is 0.0790.